The lowest BCUT2D eigenvalue weighted by molar-refractivity contribution is -0.227. The minimum atomic E-state index is -0.712. The van der Waals surface area contributed by atoms with Gasteiger partial charge in [0, 0.05) is 73.7 Å². The largest absolute Gasteiger partial charge is 0.392 e. The highest BCUT2D eigenvalue weighted by Crippen LogP contribution is 2.76. The number of benzene rings is 1. The van der Waals surface area contributed by atoms with Crippen LogP contribution in [-0.4, -0.2) is 68.5 Å². The molecule has 12 rings (SSSR count). The highest BCUT2D eigenvalue weighted by Gasteiger charge is 2.73. The zero-order valence-electron chi connectivity index (χ0n) is 42.6. The van der Waals surface area contributed by atoms with E-state index in [0.717, 1.165) is 76.6 Å². The fourth-order valence-corrected chi connectivity index (χ4v) is 18.8. The number of carbonyl (C=O) groups excluding carboxylic acids is 2. The Labute approximate surface area is 406 Å². The molecule has 6 aliphatic carbocycles. The molecule has 2 saturated heterocycles. The smallest absolute Gasteiger partial charge is 0.160 e. The molecule has 0 amide bonds. The molecule has 0 radical (unpaired) electrons. The highest BCUT2D eigenvalue weighted by molar-refractivity contribution is 6.02. The van der Waals surface area contributed by atoms with Gasteiger partial charge in [-0.15, -0.1) is 0 Å². The quantitative estimate of drug-likeness (QED) is 0.194. The predicted molar refractivity (Wildman–Crippen MR) is 267 cm³/mol. The maximum atomic E-state index is 15.5. The van der Waals surface area contributed by atoms with Gasteiger partial charge >= 0.3 is 0 Å². The molecule has 68 heavy (non-hydrogen) atoms. The van der Waals surface area contributed by atoms with Gasteiger partial charge in [0.15, 0.2) is 5.78 Å². The number of aromatic nitrogens is 2. The Kier molecular flexibility index (Phi) is 10.8. The summed E-state index contributed by atoms with van der Waals surface area (Å²) in [7, 11) is 0. The molecule has 1 aromatic carbocycles. The van der Waals surface area contributed by atoms with Crippen molar-refractivity contribution >= 4 is 22.6 Å². The van der Waals surface area contributed by atoms with E-state index in [9.17, 15) is 15.0 Å². The number of carbonyl (C=O) groups is 2. The summed E-state index contributed by atoms with van der Waals surface area (Å²) in [6, 6.07) is 7.57. The van der Waals surface area contributed by atoms with Crippen molar-refractivity contribution in [1.82, 2.24) is 9.55 Å². The van der Waals surface area contributed by atoms with Gasteiger partial charge in [0.25, 0.3) is 0 Å². The number of aliphatic hydroxyl groups is 2. The molecule has 3 aromatic rings. The number of hydrogen-bond donors (Lipinski definition) is 3. The third kappa shape index (κ3) is 6.70. The summed E-state index contributed by atoms with van der Waals surface area (Å²) in [6.45, 7) is 18.3. The topological polar surface area (TPSA) is 117 Å². The number of ketones is 2. The summed E-state index contributed by atoms with van der Waals surface area (Å²) < 4.78 is 14.4. The first kappa shape index (κ1) is 46.1. The summed E-state index contributed by atoms with van der Waals surface area (Å²) in [5.41, 5.74) is 8.90. The number of fused-ring (bicyclic) bond motifs is 4. The molecule has 368 valence electrons. The van der Waals surface area contributed by atoms with Gasteiger partial charge in [0.1, 0.15) is 11.9 Å². The summed E-state index contributed by atoms with van der Waals surface area (Å²) in [5.74, 6) is 2.06. The van der Waals surface area contributed by atoms with E-state index in [1.807, 2.05) is 0 Å². The van der Waals surface area contributed by atoms with Crippen LogP contribution in [0.1, 0.15) is 197 Å². The molecule has 5 heterocycles. The van der Waals surface area contributed by atoms with Crippen molar-refractivity contribution in [3.63, 3.8) is 0 Å². The Morgan fingerprint density at radius 2 is 1.51 bits per heavy atom. The van der Waals surface area contributed by atoms with E-state index in [2.05, 4.69) is 88.6 Å². The summed E-state index contributed by atoms with van der Waals surface area (Å²) >= 11 is 0. The summed E-state index contributed by atoms with van der Waals surface area (Å²) in [4.78, 5) is 33.8. The van der Waals surface area contributed by atoms with E-state index in [0.29, 0.717) is 55.8 Å². The van der Waals surface area contributed by atoms with Gasteiger partial charge in [0.2, 0.25) is 0 Å². The number of aromatic amines is 1. The number of ether oxygens (including phenoxy) is 2. The second kappa shape index (κ2) is 16.0. The van der Waals surface area contributed by atoms with Crippen LogP contribution in [-0.2, 0) is 38.4 Å². The van der Waals surface area contributed by atoms with Crippen molar-refractivity contribution in [2.24, 2.45) is 50.7 Å². The molecule has 8 nitrogen and oxygen atoms in total. The van der Waals surface area contributed by atoms with Crippen molar-refractivity contribution in [1.29, 1.82) is 0 Å². The standard InChI is InChI=1S/C60H82N2O6/c1-55(2)54(68-55)45(64)30-56(3)21-16-38-32-61-50-41(28-35-26-39(36-12-8-9-13-36)29-40(27-35)37-19-24-67-25-20-37)33-62(51(38)50)34-43-48-49(56)44(63)31-59(48,6)58(5)23-17-46-57(4,53(58)52(43)66)22-18-47(65)60(46,7)42-14-10-11-15-42/h26-27,29,32-33,36-37,42-43,45-46,52-54,61,64,66H,8-25,28,30-31,34H2,1-7H3/t43-,45-,46-,52-,53-,54-,56+,57-,58+,59+,60+/m1/s1. The first-order valence-corrected chi connectivity index (χ1v) is 27.6. The minimum absolute atomic E-state index is 0.0768. The fraction of sp³-hybridized carbons (Fsp3) is 0.733. The van der Waals surface area contributed by atoms with E-state index in [4.69, 9.17) is 9.47 Å². The van der Waals surface area contributed by atoms with Crippen LogP contribution in [0.5, 0.6) is 0 Å². The monoisotopic (exact) mass is 927 g/mol. The Morgan fingerprint density at radius 1 is 0.838 bits per heavy atom. The molecule has 0 bridgehead atoms. The van der Waals surface area contributed by atoms with Crippen molar-refractivity contribution in [3.8, 4) is 0 Å². The van der Waals surface area contributed by atoms with Crippen LogP contribution >= 0.6 is 0 Å². The minimum Gasteiger partial charge on any atom is -0.392 e. The number of nitrogens with one attached hydrogen (secondary N) is 1. The molecule has 2 aromatic heterocycles. The van der Waals surface area contributed by atoms with Crippen molar-refractivity contribution in [2.45, 2.75) is 213 Å². The molecular formula is C60H82N2O6. The second-order valence-corrected chi connectivity index (χ2v) is 26.4. The van der Waals surface area contributed by atoms with Gasteiger partial charge in [0.05, 0.1) is 28.8 Å². The van der Waals surface area contributed by atoms with E-state index in [-0.39, 0.29) is 45.9 Å². The van der Waals surface area contributed by atoms with Crippen LogP contribution in [0.15, 0.2) is 41.7 Å². The summed E-state index contributed by atoms with van der Waals surface area (Å²) in [6.07, 6.45) is 21.4. The lowest BCUT2D eigenvalue weighted by atomic mass is 9.33. The molecule has 3 N–H and O–H groups in total. The van der Waals surface area contributed by atoms with E-state index in [1.54, 1.807) is 0 Å². The molecule has 0 unspecified atom stereocenters. The molecule has 3 aliphatic heterocycles. The maximum Gasteiger partial charge on any atom is 0.160 e. The van der Waals surface area contributed by atoms with Crippen molar-refractivity contribution in [2.75, 3.05) is 13.2 Å². The number of H-pyrrole nitrogens is 1. The number of allylic oxidation sites excluding steroid dienone is 1. The van der Waals surface area contributed by atoms with Gasteiger partial charge in [-0.25, -0.2) is 0 Å². The van der Waals surface area contributed by atoms with E-state index in [1.165, 1.54) is 82.9 Å². The van der Waals surface area contributed by atoms with Crippen LogP contribution in [0.25, 0.3) is 11.0 Å². The predicted octanol–water partition coefficient (Wildman–Crippen LogP) is 11.9. The molecule has 9 aliphatic rings. The van der Waals surface area contributed by atoms with Gasteiger partial charge in [-0.05, 0) is 170 Å². The van der Waals surface area contributed by atoms with Gasteiger partial charge in [-0.1, -0.05) is 78.5 Å². The lowest BCUT2D eigenvalue weighted by Gasteiger charge is -2.70. The fourth-order valence-electron chi connectivity index (χ4n) is 18.8. The average Bonchev–Trinajstić information content (AvgIpc) is 4.03. The van der Waals surface area contributed by atoms with E-state index < -0.39 is 28.6 Å². The first-order valence-electron chi connectivity index (χ1n) is 27.6. The number of aryl methyl sites for hydroxylation is 1. The van der Waals surface area contributed by atoms with Crippen LogP contribution in [0, 0.1) is 50.7 Å². The lowest BCUT2D eigenvalue weighted by Crippen LogP contribution is -2.68. The van der Waals surface area contributed by atoms with Crippen LogP contribution in [0.3, 0.4) is 0 Å². The molecule has 8 heteroatoms. The first-order chi connectivity index (χ1) is 32.4. The van der Waals surface area contributed by atoms with E-state index >= 15 is 4.79 Å². The second-order valence-electron chi connectivity index (χ2n) is 26.4. The van der Waals surface area contributed by atoms with Crippen LogP contribution in [0.2, 0.25) is 0 Å². The number of aliphatic hydroxyl groups excluding tert-OH is 2. The zero-order chi connectivity index (χ0) is 47.3. The normalized spacial score (nSPS) is 40.2. The highest BCUT2D eigenvalue weighted by atomic mass is 16.6. The number of epoxide rings is 1. The maximum absolute atomic E-state index is 15.5. The van der Waals surface area contributed by atoms with Gasteiger partial charge < -0.3 is 29.2 Å². The molecule has 0 spiro atoms. The summed E-state index contributed by atoms with van der Waals surface area (Å²) in [5, 5.41) is 26.0. The SMILES string of the molecule is CC1(C)O[C@@H]1[C@H](O)C[C@]1(C)CCc2c[nH]c3c(Cc4cc(C5CCCC5)cc(C5CCOCC5)c4)cn(c23)C[C@@H]2C3=C1C(=O)C[C@]3(C)[C@@]1(C)CC[C@@H]3[C@@](C)(CCC(=O)[C@@]3(C)C3CCCC3)[C@H]1[C@@H]2O. The Balaban J connectivity index is 0.999. The molecule has 5 saturated carbocycles. The van der Waals surface area contributed by atoms with Gasteiger partial charge in [-0.2, -0.15) is 0 Å². The van der Waals surface area contributed by atoms with Gasteiger partial charge in [-0.3, -0.25) is 9.59 Å². The molecule has 7 fully saturated rings. The average molecular weight is 927 g/mol. The number of Topliss-reactive ketones (excluding diaryl/α,β-unsaturated/α-hetero) is 2. The van der Waals surface area contributed by atoms with Crippen LogP contribution < -0.4 is 0 Å². The van der Waals surface area contributed by atoms with Crippen molar-refractivity contribution in [3.05, 3.63) is 69.6 Å². The Bertz CT molecular complexity index is 2550. The number of rotatable bonds is 8. The third-order valence-corrected chi connectivity index (χ3v) is 22.4. The Hall–Kier alpha value is -3.04. The number of nitrogens with zero attached hydrogens (tertiary/aromatic N) is 1. The van der Waals surface area contributed by atoms with Crippen LogP contribution in [0.4, 0.5) is 0 Å². The Morgan fingerprint density at radius 3 is 2.21 bits per heavy atom. The third-order valence-electron chi connectivity index (χ3n) is 22.4. The number of hydrogen-bond acceptors (Lipinski definition) is 6. The molecular weight excluding hydrogens is 845 g/mol. The van der Waals surface area contributed by atoms with Crippen molar-refractivity contribution < 1.29 is 29.3 Å². The zero-order valence-corrected chi connectivity index (χ0v) is 42.6. The molecule has 11 atom stereocenters.